The van der Waals surface area contributed by atoms with E-state index in [2.05, 4.69) is 9.47 Å². The number of benzene rings is 2. The lowest BCUT2D eigenvalue weighted by Gasteiger charge is -2.24. The SMILES string of the molecule is COc1c(OP)cc2c(c1OC)CCC(=O)C2=Cc1cc(CO)c(CO)cc1[N+](=O)[O-]. The molecule has 1 atom stereocenters. The summed E-state index contributed by atoms with van der Waals surface area (Å²) in [5.41, 5.74) is 1.96. The number of ketones is 1. The summed E-state index contributed by atoms with van der Waals surface area (Å²) in [6.07, 6.45) is 2.03. The predicted octanol–water partition coefficient (Wildman–Crippen LogP) is 2.82. The van der Waals surface area contributed by atoms with Crippen molar-refractivity contribution in [3.8, 4) is 17.2 Å². The zero-order chi connectivity index (χ0) is 22.7. The van der Waals surface area contributed by atoms with E-state index in [-0.39, 0.29) is 34.6 Å². The van der Waals surface area contributed by atoms with E-state index in [0.717, 1.165) is 5.56 Å². The van der Waals surface area contributed by atoms with E-state index < -0.39 is 18.1 Å². The zero-order valence-corrected chi connectivity index (χ0v) is 18.2. The molecule has 2 N–H and O–H groups in total. The maximum Gasteiger partial charge on any atom is 0.276 e. The number of allylic oxidation sites excluding steroid dienone is 1. The van der Waals surface area contributed by atoms with Crippen LogP contribution in [0.5, 0.6) is 17.2 Å². The van der Waals surface area contributed by atoms with Gasteiger partial charge in [0.1, 0.15) is 0 Å². The highest BCUT2D eigenvalue weighted by molar-refractivity contribution is 7.10. The summed E-state index contributed by atoms with van der Waals surface area (Å²) in [5.74, 6) is 0.938. The molecule has 0 aliphatic heterocycles. The highest BCUT2D eigenvalue weighted by Gasteiger charge is 2.30. The second-order valence-corrected chi connectivity index (χ2v) is 7.06. The first-order valence-electron chi connectivity index (χ1n) is 9.31. The number of hydrogen-bond acceptors (Lipinski definition) is 8. The lowest BCUT2D eigenvalue weighted by atomic mass is 9.84. The van der Waals surface area contributed by atoms with Crippen LogP contribution in [-0.2, 0) is 24.4 Å². The van der Waals surface area contributed by atoms with Gasteiger partial charge in [0.2, 0.25) is 5.75 Å². The molecule has 31 heavy (non-hydrogen) atoms. The molecular formula is C21H22NO8P. The molecule has 0 saturated carbocycles. The lowest BCUT2D eigenvalue weighted by Crippen LogP contribution is -2.14. The van der Waals surface area contributed by atoms with Gasteiger partial charge < -0.3 is 24.2 Å². The van der Waals surface area contributed by atoms with Crippen LogP contribution in [0.1, 0.15) is 34.2 Å². The van der Waals surface area contributed by atoms with Crippen LogP contribution in [0.3, 0.4) is 0 Å². The smallest absolute Gasteiger partial charge is 0.276 e. The summed E-state index contributed by atoms with van der Waals surface area (Å²) in [4.78, 5) is 23.9. The minimum Gasteiger partial charge on any atom is -0.492 e. The van der Waals surface area contributed by atoms with Gasteiger partial charge in [-0.2, -0.15) is 0 Å². The van der Waals surface area contributed by atoms with Crippen molar-refractivity contribution >= 4 is 32.6 Å². The summed E-state index contributed by atoms with van der Waals surface area (Å²) < 4.78 is 16.2. The molecule has 0 fully saturated rings. The normalized spacial score (nSPS) is 14.4. The first-order valence-corrected chi connectivity index (χ1v) is 9.78. The van der Waals surface area contributed by atoms with Gasteiger partial charge >= 0.3 is 0 Å². The Kier molecular flexibility index (Phi) is 6.90. The molecule has 0 heterocycles. The standard InChI is InChI=1S/C21H22NO8P/c1-28-20-14-3-4-18(25)16(15(14)8-19(30-31)21(20)29-2)6-11-5-12(9-23)13(10-24)7-17(11)22(26)27/h5-8,23-24H,3-4,9-10,31H2,1-2H3. The van der Waals surface area contributed by atoms with E-state index in [1.54, 1.807) is 6.07 Å². The van der Waals surface area contributed by atoms with Crippen LogP contribution in [0.2, 0.25) is 0 Å². The Labute approximate surface area is 180 Å². The van der Waals surface area contributed by atoms with Crippen LogP contribution in [0, 0.1) is 10.1 Å². The number of nitro benzene ring substituents is 1. The molecule has 2 aromatic carbocycles. The van der Waals surface area contributed by atoms with Crippen LogP contribution in [0.4, 0.5) is 5.69 Å². The quantitative estimate of drug-likeness (QED) is 0.287. The van der Waals surface area contributed by atoms with Crippen LogP contribution < -0.4 is 14.0 Å². The summed E-state index contributed by atoms with van der Waals surface area (Å²) in [5, 5.41) is 30.7. The van der Waals surface area contributed by atoms with E-state index in [1.807, 2.05) is 0 Å². The van der Waals surface area contributed by atoms with Gasteiger partial charge in [-0.25, -0.2) is 0 Å². The third-order valence-corrected chi connectivity index (χ3v) is 5.47. The average Bonchev–Trinajstić information content (AvgIpc) is 2.78. The lowest BCUT2D eigenvalue weighted by molar-refractivity contribution is -0.385. The van der Waals surface area contributed by atoms with Crippen molar-refractivity contribution in [1.29, 1.82) is 0 Å². The van der Waals surface area contributed by atoms with Crippen molar-refractivity contribution in [2.75, 3.05) is 14.2 Å². The first-order chi connectivity index (χ1) is 14.9. The Morgan fingerprint density at radius 3 is 2.29 bits per heavy atom. The number of ether oxygens (including phenoxy) is 2. The number of nitrogens with zero attached hydrogens (tertiary/aromatic N) is 1. The Hall–Kier alpha value is -3.00. The number of methoxy groups -OCH3 is 2. The van der Waals surface area contributed by atoms with Crippen molar-refractivity contribution < 1.29 is 33.9 Å². The molecule has 2 aromatic rings. The fourth-order valence-electron chi connectivity index (χ4n) is 3.74. The fourth-order valence-corrected chi connectivity index (χ4v) is 3.92. The van der Waals surface area contributed by atoms with Gasteiger partial charge in [0.05, 0.1) is 47.4 Å². The number of rotatable bonds is 7. The van der Waals surface area contributed by atoms with Crippen LogP contribution in [0.25, 0.3) is 11.6 Å². The van der Waals surface area contributed by atoms with Crippen molar-refractivity contribution in [2.24, 2.45) is 0 Å². The van der Waals surface area contributed by atoms with Crippen molar-refractivity contribution in [3.63, 3.8) is 0 Å². The second-order valence-electron chi connectivity index (χ2n) is 6.82. The molecule has 1 aliphatic carbocycles. The van der Waals surface area contributed by atoms with E-state index in [1.165, 1.54) is 32.4 Å². The summed E-state index contributed by atoms with van der Waals surface area (Å²) in [6.45, 7) is -0.869. The minimum atomic E-state index is -0.591. The Morgan fingerprint density at radius 2 is 1.74 bits per heavy atom. The molecular weight excluding hydrogens is 425 g/mol. The van der Waals surface area contributed by atoms with Crippen LogP contribution in [-0.4, -0.2) is 35.1 Å². The Bertz CT molecular complexity index is 1080. The van der Waals surface area contributed by atoms with Gasteiger partial charge in [-0.1, -0.05) is 0 Å². The molecule has 0 spiro atoms. The Morgan fingerprint density at radius 1 is 1.10 bits per heavy atom. The Balaban J connectivity index is 2.30. The molecule has 10 heteroatoms. The van der Waals surface area contributed by atoms with Crippen molar-refractivity contribution in [3.05, 3.63) is 56.1 Å². The molecule has 0 radical (unpaired) electrons. The third-order valence-electron chi connectivity index (χ3n) is 5.22. The van der Waals surface area contributed by atoms with Crippen LogP contribution in [0.15, 0.2) is 18.2 Å². The van der Waals surface area contributed by atoms with Crippen molar-refractivity contribution in [2.45, 2.75) is 26.1 Å². The maximum absolute atomic E-state index is 12.8. The minimum absolute atomic E-state index is 0.144. The highest BCUT2D eigenvalue weighted by atomic mass is 31.0. The second kappa shape index (κ2) is 9.43. The number of Topliss-reactive ketones (excluding diaryl/α,β-unsaturated/α-hetero) is 1. The zero-order valence-electron chi connectivity index (χ0n) is 17.0. The number of fused-ring (bicyclic) bond motifs is 1. The highest BCUT2D eigenvalue weighted by Crippen LogP contribution is 2.47. The van der Waals surface area contributed by atoms with Gasteiger partial charge in [-0.05, 0) is 41.3 Å². The monoisotopic (exact) mass is 447 g/mol. The number of aliphatic hydroxyl groups excluding tert-OH is 2. The van der Waals surface area contributed by atoms with Gasteiger partial charge in [0, 0.05) is 23.6 Å². The number of carbonyl (C=O) groups excluding carboxylic acids is 1. The van der Waals surface area contributed by atoms with E-state index in [0.29, 0.717) is 34.8 Å². The molecule has 3 rings (SSSR count). The van der Waals surface area contributed by atoms with E-state index >= 15 is 0 Å². The third kappa shape index (κ3) is 4.12. The topological polar surface area (TPSA) is 128 Å². The van der Waals surface area contributed by atoms with Crippen molar-refractivity contribution in [1.82, 2.24) is 0 Å². The van der Waals surface area contributed by atoms with Gasteiger partial charge in [-0.3, -0.25) is 14.9 Å². The summed E-state index contributed by atoms with van der Waals surface area (Å²) in [7, 11) is 5.07. The molecule has 0 aromatic heterocycles. The van der Waals surface area contributed by atoms with Gasteiger partial charge in [-0.15, -0.1) is 0 Å². The molecule has 9 nitrogen and oxygen atoms in total. The summed E-state index contributed by atoms with van der Waals surface area (Å²) >= 11 is 0. The number of aliphatic hydroxyl groups is 2. The van der Waals surface area contributed by atoms with Gasteiger partial charge in [0.25, 0.3) is 5.69 Å². The van der Waals surface area contributed by atoms with Gasteiger partial charge in [0.15, 0.2) is 17.3 Å². The van der Waals surface area contributed by atoms with Crippen LogP contribution >= 0.6 is 9.47 Å². The molecule has 1 unspecified atom stereocenters. The first kappa shape index (κ1) is 22.7. The largest absolute Gasteiger partial charge is 0.492 e. The summed E-state index contributed by atoms with van der Waals surface area (Å²) in [6, 6.07) is 4.25. The molecule has 164 valence electrons. The number of nitro groups is 1. The number of hydrogen-bond donors (Lipinski definition) is 2. The molecule has 0 amide bonds. The van der Waals surface area contributed by atoms with E-state index in [4.69, 9.17) is 14.0 Å². The average molecular weight is 447 g/mol. The molecule has 0 saturated heterocycles. The predicted molar refractivity (Wildman–Crippen MR) is 116 cm³/mol. The molecule has 0 bridgehead atoms. The molecule has 1 aliphatic rings. The maximum atomic E-state index is 12.8. The number of carbonyl (C=O) groups is 1. The van der Waals surface area contributed by atoms with E-state index in [9.17, 15) is 25.1 Å². The fraction of sp³-hybridized carbons (Fsp3) is 0.286.